The molecule has 0 saturated carbocycles. The Bertz CT molecular complexity index is 476. The second-order valence-corrected chi connectivity index (χ2v) is 6.18. The van der Waals surface area contributed by atoms with Crippen LogP contribution in [-0.4, -0.2) is 32.2 Å². The molecule has 0 aliphatic carbocycles. The summed E-state index contributed by atoms with van der Waals surface area (Å²) in [6.45, 7) is 5.28. The molecule has 0 fully saturated rings. The molecule has 2 nitrogen and oxygen atoms in total. The van der Waals surface area contributed by atoms with Gasteiger partial charge in [-0.1, -0.05) is 0 Å². The molecule has 86 valence electrons. The monoisotopic (exact) mass is 283 g/mol. The number of nitrogens with one attached hydrogen (secondary N) is 1. The van der Waals surface area contributed by atoms with Crippen molar-refractivity contribution in [2.75, 3.05) is 6.54 Å². The van der Waals surface area contributed by atoms with Gasteiger partial charge in [0.1, 0.15) is 0 Å². The standard InChI is InChI=1S/C13H17NOSe/c1-9(2)14-7-6-10-8-16-12-5-3-4-11(15)13(10)12/h3-5,8-9,14-15H,6-7H2,1-2H3. The Morgan fingerprint density at radius 3 is 2.94 bits per heavy atom. The summed E-state index contributed by atoms with van der Waals surface area (Å²) in [6, 6.07) is 6.36. The number of aromatic hydroxyl groups is 1. The number of fused-ring (bicyclic) bond motifs is 1. The van der Waals surface area contributed by atoms with Crippen LogP contribution >= 0.6 is 0 Å². The van der Waals surface area contributed by atoms with Crippen LogP contribution in [0.2, 0.25) is 0 Å². The molecule has 2 aromatic rings. The Morgan fingerprint density at radius 2 is 2.19 bits per heavy atom. The van der Waals surface area contributed by atoms with Crippen LogP contribution in [0.25, 0.3) is 9.65 Å². The number of phenols is 1. The van der Waals surface area contributed by atoms with E-state index in [0.29, 0.717) is 26.3 Å². The van der Waals surface area contributed by atoms with Crippen molar-refractivity contribution < 1.29 is 5.11 Å². The minimum atomic E-state index is 0.404. The third-order valence-electron chi connectivity index (χ3n) is 2.60. The van der Waals surface area contributed by atoms with Gasteiger partial charge in [0.25, 0.3) is 0 Å². The average Bonchev–Trinajstić information content (AvgIpc) is 2.62. The van der Waals surface area contributed by atoms with Gasteiger partial charge in [-0.25, -0.2) is 0 Å². The van der Waals surface area contributed by atoms with Crippen molar-refractivity contribution >= 4 is 24.1 Å². The second kappa shape index (κ2) is 5.05. The SMILES string of the molecule is CC(C)NCCc1c[se]c2cccc(O)c12. The van der Waals surface area contributed by atoms with Gasteiger partial charge in [0.2, 0.25) is 0 Å². The van der Waals surface area contributed by atoms with Crippen LogP contribution in [-0.2, 0) is 6.42 Å². The van der Waals surface area contributed by atoms with E-state index < -0.39 is 0 Å². The molecule has 16 heavy (non-hydrogen) atoms. The summed E-state index contributed by atoms with van der Waals surface area (Å²) in [5.41, 5.74) is 1.31. The van der Waals surface area contributed by atoms with E-state index in [4.69, 9.17) is 0 Å². The first-order chi connectivity index (χ1) is 7.68. The van der Waals surface area contributed by atoms with Crippen LogP contribution in [0.1, 0.15) is 19.4 Å². The molecule has 1 aromatic carbocycles. The van der Waals surface area contributed by atoms with Crippen molar-refractivity contribution in [2.45, 2.75) is 26.3 Å². The summed E-state index contributed by atoms with van der Waals surface area (Å²) in [7, 11) is 0. The van der Waals surface area contributed by atoms with E-state index in [1.807, 2.05) is 6.07 Å². The van der Waals surface area contributed by atoms with Crippen molar-refractivity contribution in [3.63, 3.8) is 0 Å². The van der Waals surface area contributed by atoms with Gasteiger partial charge in [0.15, 0.2) is 0 Å². The van der Waals surface area contributed by atoms with Crippen LogP contribution in [0.3, 0.4) is 0 Å². The number of rotatable bonds is 4. The fourth-order valence-electron chi connectivity index (χ4n) is 1.81. The number of hydrogen-bond acceptors (Lipinski definition) is 2. The summed E-state index contributed by atoms with van der Waals surface area (Å²) in [5.74, 6) is 0.438. The zero-order chi connectivity index (χ0) is 11.5. The number of hydrogen-bond donors (Lipinski definition) is 2. The molecule has 0 spiro atoms. The fraction of sp³-hybridized carbons (Fsp3) is 0.385. The summed E-state index contributed by atoms with van der Waals surface area (Å²) in [5, 5.41) is 14.4. The summed E-state index contributed by atoms with van der Waals surface area (Å²) < 4.78 is 1.31. The second-order valence-electron chi connectivity index (χ2n) is 4.27. The Hall–Kier alpha value is -0.761. The molecule has 0 atom stereocenters. The molecule has 0 radical (unpaired) electrons. The van der Waals surface area contributed by atoms with Crippen molar-refractivity contribution in [3.05, 3.63) is 28.7 Å². The normalized spacial score (nSPS) is 11.4. The molecule has 0 unspecified atom stereocenters. The fourth-order valence-corrected chi connectivity index (χ4v) is 3.94. The average molecular weight is 282 g/mol. The van der Waals surface area contributed by atoms with E-state index in [1.165, 1.54) is 9.82 Å². The molecule has 0 aliphatic rings. The molecule has 1 aromatic heterocycles. The molecule has 3 heteroatoms. The predicted octanol–water partition coefficient (Wildman–Crippen LogP) is 2.14. The third kappa shape index (κ3) is 2.49. The molecule has 0 saturated heterocycles. The summed E-state index contributed by atoms with van der Waals surface area (Å²) in [4.78, 5) is 2.29. The van der Waals surface area contributed by atoms with E-state index in [0.717, 1.165) is 18.4 Å². The van der Waals surface area contributed by atoms with Gasteiger partial charge in [-0.3, -0.25) is 0 Å². The first-order valence-electron chi connectivity index (χ1n) is 5.60. The molecule has 1 heterocycles. The van der Waals surface area contributed by atoms with Crippen LogP contribution < -0.4 is 5.32 Å². The molecule has 2 rings (SSSR count). The third-order valence-corrected chi connectivity index (χ3v) is 4.69. The van der Waals surface area contributed by atoms with Crippen LogP contribution in [0.4, 0.5) is 0 Å². The van der Waals surface area contributed by atoms with Gasteiger partial charge in [-0.2, -0.15) is 0 Å². The zero-order valence-electron chi connectivity index (χ0n) is 9.66. The molecular weight excluding hydrogens is 265 g/mol. The van der Waals surface area contributed by atoms with E-state index in [-0.39, 0.29) is 0 Å². The van der Waals surface area contributed by atoms with Crippen LogP contribution in [0, 0.1) is 0 Å². The number of phenolic OH excluding ortho intramolecular Hbond substituents is 1. The van der Waals surface area contributed by atoms with E-state index in [2.05, 4.69) is 30.2 Å². The van der Waals surface area contributed by atoms with Gasteiger partial charge in [-0.15, -0.1) is 0 Å². The van der Waals surface area contributed by atoms with Gasteiger partial charge in [-0.05, 0) is 0 Å². The van der Waals surface area contributed by atoms with Crippen LogP contribution in [0.15, 0.2) is 23.1 Å². The Balaban J connectivity index is 2.18. The van der Waals surface area contributed by atoms with Crippen molar-refractivity contribution in [1.29, 1.82) is 0 Å². The molecular formula is C13H17NOSe. The van der Waals surface area contributed by atoms with Crippen LogP contribution in [0.5, 0.6) is 5.75 Å². The van der Waals surface area contributed by atoms with E-state index >= 15 is 0 Å². The van der Waals surface area contributed by atoms with Crippen molar-refractivity contribution in [1.82, 2.24) is 5.32 Å². The maximum absolute atomic E-state index is 9.86. The Labute approximate surface area is 102 Å². The zero-order valence-corrected chi connectivity index (χ0v) is 11.4. The molecule has 0 aliphatic heterocycles. The van der Waals surface area contributed by atoms with E-state index in [1.54, 1.807) is 6.07 Å². The van der Waals surface area contributed by atoms with Gasteiger partial charge >= 0.3 is 102 Å². The molecule has 0 amide bonds. The predicted molar refractivity (Wildman–Crippen MR) is 69.4 cm³/mol. The summed E-state index contributed by atoms with van der Waals surface area (Å²) in [6.07, 6.45) is 1.00. The Kier molecular flexibility index (Phi) is 3.70. The summed E-state index contributed by atoms with van der Waals surface area (Å²) >= 11 is 0.404. The van der Waals surface area contributed by atoms with Gasteiger partial charge in [0, 0.05) is 0 Å². The molecule has 0 bridgehead atoms. The first kappa shape index (κ1) is 11.7. The topological polar surface area (TPSA) is 32.3 Å². The van der Waals surface area contributed by atoms with Crippen molar-refractivity contribution in [3.8, 4) is 5.75 Å². The van der Waals surface area contributed by atoms with Crippen molar-refractivity contribution in [2.24, 2.45) is 0 Å². The quantitative estimate of drug-likeness (QED) is 0.842. The Morgan fingerprint density at radius 1 is 1.38 bits per heavy atom. The van der Waals surface area contributed by atoms with Gasteiger partial charge in [0.05, 0.1) is 0 Å². The minimum absolute atomic E-state index is 0.404. The van der Waals surface area contributed by atoms with E-state index in [9.17, 15) is 5.11 Å². The number of benzene rings is 1. The first-order valence-corrected chi connectivity index (χ1v) is 7.44. The van der Waals surface area contributed by atoms with Gasteiger partial charge < -0.3 is 0 Å². The molecule has 2 N–H and O–H groups in total. The maximum atomic E-state index is 9.86.